The molecule has 2 aromatic heterocycles. The Morgan fingerprint density at radius 1 is 1.33 bits per heavy atom. The molecular weight excluding hydrogens is 394 g/mol. The van der Waals surface area contributed by atoms with Crippen LogP contribution in [-0.2, 0) is 20.8 Å². The molecular formula is C17H20ClN3O5S. The second-order valence-electron chi connectivity index (χ2n) is 5.61. The summed E-state index contributed by atoms with van der Waals surface area (Å²) in [6.07, 6.45) is 3.86. The Balaban J connectivity index is 2.18. The van der Waals surface area contributed by atoms with Crippen LogP contribution >= 0.6 is 22.9 Å². The number of hydrogen-bond acceptors (Lipinski definition) is 7. The smallest absolute Gasteiger partial charge is 0.348 e. The highest BCUT2D eigenvalue weighted by molar-refractivity contribution is 7.18. The Morgan fingerprint density at radius 3 is 2.67 bits per heavy atom. The fraction of sp³-hybridized carbons (Fsp3) is 0.412. The average molecular weight is 414 g/mol. The number of aryl methyl sites for hydroxylation is 1. The van der Waals surface area contributed by atoms with Crippen molar-refractivity contribution in [1.82, 2.24) is 9.78 Å². The normalized spacial score (nSPS) is 10.5. The zero-order valence-corrected chi connectivity index (χ0v) is 16.8. The van der Waals surface area contributed by atoms with Gasteiger partial charge in [0, 0.05) is 19.2 Å². The van der Waals surface area contributed by atoms with Crippen LogP contribution in [0.4, 0.5) is 5.00 Å². The number of rotatable bonds is 8. The highest BCUT2D eigenvalue weighted by atomic mass is 35.5. The van der Waals surface area contributed by atoms with Crippen molar-refractivity contribution >= 4 is 45.8 Å². The molecule has 0 fully saturated rings. The Bertz CT molecular complexity index is 846. The van der Waals surface area contributed by atoms with E-state index < -0.39 is 11.9 Å². The molecule has 1 N–H and O–H groups in total. The molecule has 2 rings (SSSR count). The third-order valence-corrected chi connectivity index (χ3v) is 4.96. The van der Waals surface area contributed by atoms with Gasteiger partial charge in [0.25, 0.3) is 0 Å². The van der Waals surface area contributed by atoms with Crippen molar-refractivity contribution in [1.29, 1.82) is 0 Å². The first kappa shape index (κ1) is 20.9. The minimum Gasteiger partial charge on any atom is -0.465 e. The lowest BCUT2D eigenvalue weighted by molar-refractivity contribution is -0.116. The van der Waals surface area contributed by atoms with E-state index in [4.69, 9.17) is 21.1 Å². The summed E-state index contributed by atoms with van der Waals surface area (Å²) in [5.74, 6) is -1.49. The third kappa shape index (κ3) is 5.30. The molecule has 1 amide bonds. The molecule has 146 valence electrons. The van der Waals surface area contributed by atoms with Crippen LogP contribution in [0.3, 0.4) is 0 Å². The van der Waals surface area contributed by atoms with Crippen molar-refractivity contribution in [3.8, 4) is 0 Å². The first-order chi connectivity index (χ1) is 12.9. The fourth-order valence-corrected chi connectivity index (χ4v) is 3.55. The summed E-state index contributed by atoms with van der Waals surface area (Å²) in [7, 11) is 1.25. The van der Waals surface area contributed by atoms with Gasteiger partial charge in [0.2, 0.25) is 5.91 Å². The molecule has 0 bridgehead atoms. The number of ether oxygens (including phenoxy) is 2. The number of aromatic nitrogens is 2. The van der Waals surface area contributed by atoms with Gasteiger partial charge in [0.15, 0.2) is 0 Å². The van der Waals surface area contributed by atoms with E-state index in [1.807, 2.05) is 6.92 Å². The van der Waals surface area contributed by atoms with E-state index in [0.717, 1.165) is 11.3 Å². The maximum Gasteiger partial charge on any atom is 0.348 e. The highest BCUT2D eigenvalue weighted by Crippen LogP contribution is 2.34. The number of nitrogens with zero attached hydrogens (tertiary/aromatic N) is 2. The number of hydrogen-bond donors (Lipinski definition) is 1. The van der Waals surface area contributed by atoms with Crippen LogP contribution in [0.5, 0.6) is 0 Å². The van der Waals surface area contributed by atoms with Gasteiger partial charge in [0.05, 0.1) is 30.5 Å². The summed E-state index contributed by atoms with van der Waals surface area (Å²) in [6, 6.07) is 0. The zero-order chi connectivity index (χ0) is 20.0. The second kappa shape index (κ2) is 9.52. The number of nitrogens with one attached hydrogen (secondary N) is 1. The molecule has 8 nitrogen and oxygen atoms in total. The second-order valence-corrected chi connectivity index (χ2v) is 7.06. The maximum atomic E-state index is 12.4. The monoisotopic (exact) mass is 413 g/mol. The van der Waals surface area contributed by atoms with Crippen molar-refractivity contribution < 1.29 is 23.9 Å². The molecule has 0 saturated heterocycles. The SMILES string of the molecule is CCCOC(=O)c1c(NC(=O)CCn2cc(Cl)cn2)sc(C(=O)OC)c1C. The number of anilines is 1. The molecule has 27 heavy (non-hydrogen) atoms. The largest absolute Gasteiger partial charge is 0.465 e. The van der Waals surface area contributed by atoms with Crippen molar-refractivity contribution in [2.45, 2.75) is 33.2 Å². The van der Waals surface area contributed by atoms with Gasteiger partial charge in [-0.25, -0.2) is 9.59 Å². The van der Waals surface area contributed by atoms with Gasteiger partial charge in [-0.15, -0.1) is 11.3 Å². The number of carbonyl (C=O) groups excluding carboxylic acids is 3. The van der Waals surface area contributed by atoms with Crippen LogP contribution in [0.2, 0.25) is 5.02 Å². The number of esters is 2. The number of amides is 1. The lowest BCUT2D eigenvalue weighted by atomic mass is 10.1. The average Bonchev–Trinajstić information content (AvgIpc) is 3.20. The van der Waals surface area contributed by atoms with E-state index in [-0.39, 0.29) is 34.4 Å². The summed E-state index contributed by atoms with van der Waals surface area (Å²) >= 11 is 6.77. The summed E-state index contributed by atoms with van der Waals surface area (Å²) in [5, 5.41) is 7.42. The Labute approximate surface area is 165 Å². The standard InChI is InChI=1S/C17H20ClN3O5S/c1-4-7-26-16(23)13-10(2)14(17(24)25-3)27-15(13)20-12(22)5-6-21-9-11(18)8-19-21/h8-9H,4-7H2,1-3H3,(H,20,22). The summed E-state index contributed by atoms with van der Waals surface area (Å²) in [5.41, 5.74) is 0.589. The number of halogens is 1. The summed E-state index contributed by atoms with van der Waals surface area (Å²) < 4.78 is 11.5. The lowest BCUT2D eigenvalue weighted by Gasteiger charge is -2.08. The van der Waals surface area contributed by atoms with Crippen LogP contribution in [0, 0.1) is 6.92 Å². The van der Waals surface area contributed by atoms with Gasteiger partial charge in [-0.1, -0.05) is 18.5 Å². The molecule has 0 aromatic carbocycles. The summed E-state index contributed by atoms with van der Waals surface area (Å²) in [4.78, 5) is 36.9. The van der Waals surface area contributed by atoms with E-state index in [0.29, 0.717) is 23.6 Å². The number of methoxy groups -OCH3 is 1. The summed E-state index contributed by atoms with van der Waals surface area (Å²) in [6.45, 7) is 4.06. The van der Waals surface area contributed by atoms with Gasteiger partial charge in [0.1, 0.15) is 9.88 Å². The van der Waals surface area contributed by atoms with Crippen molar-refractivity contribution in [2.75, 3.05) is 19.0 Å². The molecule has 2 aromatic rings. The quantitative estimate of drug-likeness (QED) is 0.666. The zero-order valence-electron chi connectivity index (χ0n) is 15.2. The fourth-order valence-electron chi connectivity index (χ4n) is 2.27. The van der Waals surface area contributed by atoms with Gasteiger partial charge in [-0.05, 0) is 18.9 Å². The third-order valence-electron chi connectivity index (χ3n) is 3.58. The predicted molar refractivity (Wildman–Crippen MR) is 101 cm³/mol. The number of thiophene rings is 1. The first-order valence-electron chi connectivity index (χ1n) is 8.24. The molecule has 0 atom stereocenters. The molecule has 0 unspecified atom stereocenters. The van der Waals surface area contributed by atoms with E-state index in [2.05, 4.69) is 10.4 Å². The van der Waals surface area contributed by atoms with Crippen LogP contribution in [-0.4, -0.2) is 41.3 Å². The highest BCUT2D eigenvalue weighted by Gasteiger charge is 2.27. The van der Waals surface area contributed by atoms with Crippen molar-refractivity contribution in [3.63, 3.8) is 0 Å². The molecule has 0 radical (unpaired) electrons. The van der Waals surface area contributed by atoms with E-state index >= 15 is 0 Å². The van der Waals surface area contributed by atoms with E-state index in [1.54, 1.807) is 13.1 Å². The van der Waals surface area contributed by atoms with Crippen LogP contribution in [0.25, 0.3) is 0 Å². The molecule has 0 spiro atoms. The molecule has 0 aliphatic carbocycles. The predicted octanol–water partition coefficient (Wildman–Crippen LogP) is 3.29. The Morgan fingerprint density at radius 2 is 2.07 bits per heavy atom. The minimum absolute atomic E-state index is 0.117. The van der Waals surface area contributed by atoms with Crippen molar-refractivity contribution in [2.24, 2.45) is 0 Å². The minimum atomic E-state index is -0.588. The molecule has 2 heterocycles. The van der Waals surface area contributed by atoms with Gasteiger partial charge in [-0.3, -0.25) is 9.48 Å². The maximum absolute atomic E-state index is 12.4. The first-order valence-corrected chi connectivity index (χ1v) is 9.43. The molecule has 0 aliphatic rings. The topological polar surface area (TPSA) is 99.5 Å². The van der Waals surface area contributed by atoms with Gasteiger partial charge in [-0.2, -0.15) is 5.10 Å². The molecule has 10 heteroatoms. The number of carbonyl (C=O) groups is 3. The van der Waals surface area contributed by atoms with E-state index in [1.165, 1.54) is 18.0 Å². The van der Waals surface area contributed by atoms with E-state index in [9.17, 15) is 14.4 Å². The molecule has 0 aliphatic heterocycles. The van der Waals surface area contributed by atoms with Crippen molar-refractivity contribution in [3.05, 3.63) is 33.4 Å². The van der Waals surface area contributed by atoms with Crippen LogP contribution in [0.15, 0.2) is 12.4 Å². The Kier molecular flexibility index (Phi) is 7.37. The van der Waals surface area contributed by atoms with Crippen LogP contribution in [0.1, 0.15) is 45.4 Å². The van der Waals surface area contributed by atoms with Gasteiger partial charge < -0.3 is 14.8 Å². The molecule has 0 saturated carbocycles. The van der Waals surface area contributed by atoms with Crippen LogP contribution < -0.4 is 5.32 Å². The Hall–Kier alpha value is -2.39. The van der Waals surface area contributed by atoms with Gasteiger partial charge >= 0.3 is 11.9 Å². The lowest BCUT2D eigenvalue weighted by Crippen LogP contribution is -2.16.